The minimum absolute atomic E-state index is 0.213. The molecule has 2 aliphatic heterocycles. The van der Waals surface area contributed by atoms with Crippen molar-refractivity contribution in [3.63, 3.8) is 0 Å². The van der Waals surface area contributed by atoms with Crippen molar-refractivity contribution < 1.29 is 19.1 Å². The van der Waals surface area contributed by atoms with Gasteiger partial charge < -0.3 is 19.7 Å². The van der Waals surface area contributed by atoms with Crippen molar-refractivity contribution in [2.75, 3.05) is 31.1 Å². The van der Waals surface area contributed by atoms with E-state index in [-0.39, 0.29) is 12.9 Å². The number of nitrogens with zero attached hydrogens (tertiary/aromatic N) is 1. The monoisotopic (exact) mass is 360 g/mol. The summed E-state index contributed by atoms with van der Waals surface area (Å²) >= 11 is 1.94. The molecule has 2 atom stereocenters. The summed E-state index contributed by atoms with van der Waals surface area (Å²) in [5.41, 5.74) is 0. The fraction of sp³-hybridized carbons (Fsp3) is 0.333. The van der Waals surface area contributed by atoms with Crippen molar-refractivity contribution in [2.45, 2.75) is 0 Å². The lowest BCUT2D eigenvalue weighted by molar-refractivity contribution is -0.126. The zero-order valence-corrected chi connectivity index (χ0v) is 14.5. The fourth-order valence-electron chi connectivity index (χ4n) is 3.29. The summed E-state index contributed by atoms with van der Waals surface area (Å²) in [5.74, 6) is 1.75. The molecular formula is C18H20N2O4S. The minimum atomic E-state index is 0.213. The molecule has 1 aromatic heterocycles. The number of ether oxygens (including phenoxy) is 2. The predicted octanol–water partition coefficient (Wildman–Crippen LogP) is 2.36. The van der Waals surface area contributed by atoms with Crippen LogP contribution < -0.4 is 10.2 Å². The highest BCUT2D eigenvalue weighted by atomic mass is 32.1. The van der Waals surface area contributed by atoms with Gasteiger partial charge in [0.25, 0.3) is 12.9 Å². The summed E-state index contributed by atoms with van der Waals surface area (Å²) in [6.07, 6.45) is 1.89. The van der Waals surface area contributed by atoms with Gasteiger partial charge in [0.1, 0.15) is 12.5 Å². The molecule has 3 heterocycles. The van der Waals surface area contributed by atoms with Crippen LogP contribution in [0.15, 0.2) is 42.9 Å². The molecule has 0 bridgehead atoms. The summed E-state index contributed by atoms with van der Waals surface area (Å²) in [4.78, 5) is 21.3. The Morgan fingerprint density at radius 1 is 1.04 bits per heavy atom. The molecule has 7 heteroatoms. The molecular weight excluding hydrogens is 340 g/mol. The van der Waals surface area contributed by atoms with Gasteiger partial charge in [0, 0.05) is 30.9 Å². The third kappa shape index (κ3) is 4.37. The van der Waals surface area contributed by atoms with Gasteiger partial charge in [-0.1, -0.05) is 18.2 Å². The number of anilines is 1. The second kappa shape index (κ2) is 8.64. The molecule has 2 aliphatic rings. The number of carbonyl (C=O) groups excluding carboxylic acids is 2. The number of rotatable bonds is 5. The van der Waals surface area contributed by atoms with E-state index in [1.54, 1.807) is 0 Å². The van der Waals surface area contributed by atoms with E-state index < -0.39 is 0 Å². The Balaban J connectivity index is 0.000000197. The van der Waals surface area contributed by atoms with Crippen molar-refractivity contribution in [1.82, 2.24) is 5.32 Å². The van der Waals surface area contributed by atoms with Crippen LogP contribution in [0.1, 0.15) is 0 Å². The van der Waals surface area contributed by atoms with Crippen LogP contribution in [0.5, 0.6) is 0 Å². The second-order valence-corrected chi connectivity index (χ2v) is 7.00. The van der Waals surface area contributed by atoms with Gasteiger partial charge in [-0.15, -0.1) is 11.3 Å². The molecule has 4 rings (SSSR count). The molecule has 0 aliphatic carbocycles. The molecule has 0 radical (unpaired) electrons. The van der Waals surface area contributed by atoms with Gasteiger partial charge in [-0.05, 0) is 29.4 Å². The van der Waals surface area contributed by atoms with E-state index in [0.29, 0.717) is 0 Å². The smallest absolute Gasteiger partial charge is 0.298 e. The Hall–Kier alpha value is -2.38. The normalized spacial score (nSPS) is 21.7. The van der Waals surface area contributed by atoms with Crippen LogP contribution in [0, 0.1) is 11.8 Å². The molecule has 2 fully saturated rings. The van der Waals surface area contributed by atoms with Gasteiger partial charge in [-0.2, -0.15) is 0 Å². The molecule has 2 unspecified atom stereocenters. The lowest BCUT2D eigenvalue weighted by Gasteiger charge is -2.16. The number of hydrogen-bond donors (Lipinski definition) is 1. The standard InChI is InChI=1S/C14H16N2S.C4H4O4/c1-2-4-13-10(3-1)5-14(17-13)16-8-11-6-15-7-12(11)9-16;5-3-7-1-2-8-4-6/h1-5,11-12,15H,6-9H2;1-4H/b;2-1-. The first kappa shape index (κ1) is 17.4. The fourth-order valence-corrected chi connectivity index (χ4v) is 4.37. The van der Waals surface area contributed by atoms with Crippen molar-refractivity contribution >= 4 is 39.4 Å². The van der Waals surface area contributed by atoms with Crippen LogP contribution in [0.3, 0.4) is 0 Å². The van der Waals surface area contributed by atoms with E-state index in [0.717, 1.165) is 24.4 Å². The van der Waals surface area contributed by atoms with Gasteiger partial charge in [-0.3, -0.25) is 9.59 Å². The van der Waals surface area contributed by atoms with Gasteiger partial charge >= 0.3 is 0 Å². The highest BCUT2D eigenvalue weighted by Gasteiger charge is 2.36. The molecule has 2 saturated heterocycles. The average molecular weight is 360 g/mol. The van der Waals surface area contributed by atoms with Gasteiger partial charge in [0.05, 0.1) is 5.00 Å². The van der Waals surface area contributed by atoms with E-state index in [1.807, 2.05) is 11.3 Å². The first-order valence-corrected chi connectivity index (χ1v) is 8.91. The third-order valence-electron chi connectivity index (χ3n) is 4.44. The first-order valence-electron chi connectivity index (χ1n) is 8.09. The third-order valence-corrected chi connectivity index (χ3v) is 5.61. The number of benzene rings is 1. The Morgan fingerprint density at radius 3 is 2.28 bits per heavy atom. The van der Waals surface area contributed by atoms with Crippen molar-refractivity contribution in [2.24, 2.45) is 11.8 Å². The van der Waals surface area contributed by atoms with Crippen LogP contribution in [0.2, 0.25) is 0 Å². The highest BCUT2D eigenvalue weighted by molar-refractivity contribution is 7.22. The lowest BCUT2D eigenvalue weighted by atomic mass is 10.0. The Kier molecular flexibility index (Phi) is 6.03. The van der Waals surface area contributed by atoms with Crippen LogP contribution in [0.4, 0.5) is 5.00 Å². The number of nitrogens with one attached hydrogen (secondary N) is 1. The largest absolute Gasteiger partial charge is 0.433 e. The second-order valence-electron chi connectivity index (χ2n) is 5.94. The van der Waals surface area contributed by atoms with E-state index in [2.05, 4.69) is 50.0 Å². The molecule has 25 heavy (non-hydrogen) atoms. The Morgan fingerprint density at radius 2 is 1.68 bits per heavy atom. The topological polar surface area (TPSA) is 67.9 Å². The molecule has 1 aromatic carbocycles. The van der Waals surface area contributed by atoms with Gasteiger partial charge in [-0.25, -0.2) is 0 Å². The highest BCUT2D eigenvalue weighted by Crippen LogP contribution is 2.37. The number of hydrogen-bond acceptors (Lipinski definition) is 7. The maximum atomic E-state index is 9.35. The van der Waals surface area contributed by atoms with Crippen molar-refractivity contribution in [3.8, 4) is 0 Å². The maximum Gasteiger partial charge on any atom is 0.298 e. The van der Waals surface area contributed by atoms with Crippen molar-refractivity contribution in [3.05, 3.63) is 42.9 Å². The zero-order valence-electron chi connectivity index (χ0n) is 13.7. The van der Waals surface area contributed by atoms with E-state index in [1.165, 1.54) is 41.3 Å². The van der Waals surface area contributed by atoms with Crippen LogP contribution in [-0.4, -0.2) is 39.1 Å². The number of thiophene rings is 1. The SMILES string of the molecule is O=CO/C=C\OC=O.c1ccc2sc(N3CC4CNCC4C3)cc2c1. The van der Waals surface area contributed by atoms with E-state index in [4.69, 9.17) is 0 Å². The van der Waals surface area contributed by atoms with Gasteiger partial charge in [0.15, 0.2) is 0 Å². The lowest BCUT2D eigenvalue weighted by Crippen LogP contribution is -2.24. The van der Waals surface area contributed by atoms with Gasteiger partial charge in [0.2, 0.25) is 0 Å². The first-order chi connectivity index (χ1) is 12.3. The summed E-state index contributed by atoms with van der Waals surface area (Å²) in [6.45, 7) is 5.34. The zero-order chi connectivity index (χ0) is 17.5. The summed E-state index contributed by atoms with van der Waals surface area (Å²) in [7, 11) is 0. The van der Waals surface area contributed by atoms with Crippen LogP contribution in [0.25, 0.3) is 10.1 Å². The molecule has 0 amide bonds. The van der Waals surface area contributed by atoms with E-state index >= 15 is 0 Å². The minimum Gasteiger partial charge on any atom is -0.433 e. The quantitative estimate of drug-likeness (QED) is 0.652. The summed E-state index contributed by atoms with van der Waals surface area (Å²) in [5, 5.41) is 6.35. The Bertz CT molecular complexity index is 689. The average Bonchev–Trinajstić information content (AvgIpc) is 3.32. The molecule has 0 saturated carbocycles. The molecule has 132 valence electrons. The van der Waals surface area contributed by atoms with Crippen LogP contribution in [-0.2, 0) is 19.1 Å². The Labute approximate surface area is 150 Å². The number of fused-ring (bicyclic) bond motifs is 2. The molecule has 1 N–H and O–H groups in total. The summed E-state index contributed by atoms with van der Waals surface area (Å²) < 4.78 is 9.40. The number of carbonyl (C=O) groups is 2. The maximum absolute atomic E-state index is 9.35. The van der Waals surface area contributed by atoms with E-state index in [9.17, 15) is 9.59 Å². The summed E-state index contributed by atoms with van der Waals surface area (Å²) in [6, 6.07) is 11.1. The van der Waals surface area contributed by atoms with Crippen LogP contribution >= 0.6 is 11.3 Å². The van der Waals surface area contributed by atoms with Crippen molar-refractivity contribution in [1.29, 1.82) is 0 Å². The molecule has 2 aromatic rings. The molecule has 0 spiro atoms. The predicted molar refractivity (Wildman–Crippen MR) is 97.3 cm³/mol. The molecule has 6 nitrogen and oxygen atoms in total.